The summed E-state index contributed by atoms with van der Waals surface area (Å²) >= 11 is 0. The minimum absolute atomic E-state index is 0.159. The molecular weight excluding hydrogens is 290 g/mol. The first kappa shape index (κ1) is 15.8. The van der Waals surface area contributed by atoms with E-state index in [1.54, 1.807) is 6.20 Å². The monoisotopic (exact) mass is 311 g/mol. The third-order valence-corrected chi connectivity index (χ3v) is 6.07. The van der Waals surface area contributed by atoms with Gasteiger partial charge in [0.1, 0.15) is 0 Å². The Hall–Kier alpha value is -1.63. The van der Waals surface area contributed by atoms with Crippen LogP contribution in [0.1, 0.15) is 30.5 Å². The van der Waals surface area contributed by atoms with E-state index in [-0.39, 0.29) is 12.3 Å². The number of carbonyl (C=O) groups excluding carboxylic acids is 1. The molecule has 0 spiro atoms. The lowest BCUT2D eigenvalue weighted by Gasteiger charge is -2.22. The molecule has 7 heteroatoms. The highest BCUT2D eigenvalue weighted by Gasteiger charge is 2.28. The molecule has 6 nitrogen and oxygen atoms in total. The molecule has 21 heavy (non-hydrogen) atoms. The summed E-state index contributed by atoms with van der Waals surface area (Å²) in [6.07, 6.45) is 3.92. The van der Waals surface area contributed by atoms with Gasteiger partial charge in [0.05, 0.1) is 22.4 Å². The van der Waals surface area contributed by atoms with Crippen molar-refractivity contribution in [2.45, 2.75) is 38.4 Å². The van der Waals surface area contributed by atoms with Gasteiger partial charge in [0.2, 0.25) is 0 Å². The van der Waals surface area contributed by atoms with Crippen LogP contribution in [0, 0.1) is 13.8 Å². The van der Waals surface area contributed by atoms with Crippen LogP contribution in [-0.2, 0) is 9.84 Å². The highest BCUT2D eigenvalue weighted by molar-refractivity contribution is 7.92. The summed E-state index contributed by atoms with van der Waals surface area (Å²) in [6, 6.07) is 1.42. The van der Waals surface area contributed by atoms with Crippen molar-refractivity contribution in [3.8, 4) is 0 Å². The first-order chi connectivity index (χ1) is 9.90. The van der Waals surface area contributed by atoms with Crippen LogP contribution in [0.2, 0.25) is 0 Å². The Kier molecular flexibility index (Phi) is 4.82. The zero-order valence-corrected chi connectivity index (χ0v) is 13.2. The Morgan fingerprint density at radius 3 is 2.81 bits per heavy atom. The van der Waals surface area contributed by atoms with E-state index < -0.39 is 21.1 Å². The highest BCUT2D eigenvalue weighted by atomic mass is 32.2. The lowest BCUT2D eigenvalue weighted by atomic mass is 10.2. The third-order valence-electron chi connectivity index (χ3n) is 3.79. The second-order valence-electron chi connectivity index (χ2n) is 5.41. The number of pyridine rings is 1. The van der Waals surface area contributed by atoms with Crippen molar-refractivity contribution < 1.29 is 13.2 Å². The lowest BCUT2D eigenvalue weighted by molar-refractivity contribution is 0.252. The predicted octanol–water partition coefficient (Wildman–Crippen LogP) is 1.79. The number of aromatic nitrogens is 1. The summed E-state index contributed by atoms with van der Waals surface area (Å²) in [5.41, 5.74) is 2.32. The molecule has 1 atom stereocenters. The maximum atomic E-state index is 11.9. The Balaban J connectivity index is 1.93. The van der Waals surface area contributed by atoms with Crippen LogP contribution < -0.4 is 10.6 Å². The summed E-state index contributed by atoms with van der Waals surface area (Å²) < 4.78 is 23.8. The van der Waals surface area contributed by atoms with Crippen LogP contribution in [0.5, 0.6) is 0 Å². The van der Waals surface area contributed by atoms with E-state index in [2.05, 4.69) is 15.6 Å². The number of hydrogen-bond donors (Lipinski definition) is 2. The fourth-order valence-corrected chi connectivity index (χ4v) is 4.30. The molecule has 2 rings (SSSR count). The summed E-state index contributed by atoms with van der Waals surface area (Å²) in [5.74, 6) is 0.224. The molecule has 2 N–H and O–H groups in total. The van der Waals surface area contributed by atoms with Gasteiger partial charge in [-0.3, -0.25) is 4.98 Å². The second kappa shape index (κ2) is 6.43. The minimum Gasteiger partial charge on any atom is -0.337 e. The Bertz CT molecular complexity index is 608. The minimum atomic E-state index is -3.06. The molecule has 0 aromatic carbocycles. The average Bonchev–Trinajstić information content (AvgIpc) is 2.41. The van der Waals surface area contributed by atoms with Gasteiger partial charge >= 0.3 is 6.03 Å². The van der Waals surface area contributed by atoms with Crippen molar-refractivity contribution in [1.29, 1.82) is 0 Å². The Labute approximate surface area is 125 Å². The van der Waals surface area contributed by atoms with Crippen LogP contribution in [0.4, 0.5) is 10.5 Å². The highest BCUT2D eigenvalue weighted by Crippen LogP contribution is 2.19. The largest absolute Gasteiger partial charge is 0.337 e. The third kappa shape index (κ3) is 3.93. The fraction of sp³-hybridized carbons (Fsp3) is 0.571. The molecule has 2 amide bonds. The fourth-order valence-electron chi connectivity index (χ4n) is 2.50. The normalized spacial score (nSPS) is 20.8. The zero-order valence-electron chi connectivity index (χ0n) is 12.3. The molecule has 1 aromatic heterocycles. The van der Waals surface area contributed by atoms with E-state index in [1.807, 2.05) is 19.9 Å². The van der Waals surface area contributed by atoms with Crippen molar-refractivity contribution in [1.82, 2.24) is 10.3 Å². The maximum Gasteiger partial charge on any atom is 0.319 e. The molecule has 1 fully saturated rings. The molecule has 0 aliphatic carbocycles. The molecule has 2 heterocycles. The van der Waals surface area contributed by atoms with Crippen molar-refractivity contribution in [2.75, 3.05) is 17.6 Å². The van der Waals surface area contributed by atoms with E-state index in [0.29, 0.717) is 12.1 Å². The first-order valence-electron chi connectivity index (χ1n) is 7.09. The summed E-state index contributed by atoms with van der Waals surface area (Å²) in [6.45, 7) is 3.86. The smallest absolute Gasteiger partial charge is 0.319 e. The van der Waals surface area contributed by atoms with Crippen molar-refractivity contribution in [2.24, 2.45) is 0 Å². The van der Waals surface area contributed by atoms with Gasteiger partial charge in [-0.1, -0.05) is 6.42 Å². The van der Waals surface area contributed by atoms with Gasteiger partial charge in [-0.05, 0) is 38.3 Å². The van der Waals surface area contributed by atoms with Gasteiger partial charge in [0.25, 0.3) is 0 Å². The first-order valence-corrected chi connectivity index (χ1v) is 8.80. The van der Waals surface area contributed by atoms with Crippen molar-refractivity contribution >= 4 is 21.6 Å². The Morgan fingerprint density at radius 1 is 1.38 bits per heavy atom. The van der Waals surface area contributed by atoms with Crippen molar-refractivity contribution in [3.63, 3.8) is 0 Å². The number of nitrogens with one attached hydrogen (secondary N) is 2. The van der Waals surface area contributed by atoms with Crippen LogP contribution in [0.25, 0.3) is 0 Å². The summed E-state index contributed by atoms with van der Waals surface area (Å²) in [4.78, 5) is 16.1. The molecule has 0 saturated carbocycles. The average molecular weight is 311 g/mol. The summed E-state index contributed by atoms with van der Waals surface area (Å²) in [7, 11) is -3.06. The SMILES string of the molecule is Cc1ccnc(C)c1NC(=O)NCC1CCCCS1(=O)=O. The van der Waals surface area contributed by atoms with E-state index >= 15 is 0 Å². The molecule has 1 aromatic rings. The topological polar surface area (TPSA) is 88.2 Å². The lowest BCUT2D eigenvalue weighted by Crippen LogP contribution is -2.41. The Morgan fingerprint density at radius 2 is 2.14 bits per heavy atom. The van der Waals surface area contributed by atoms with Crippen LogP contribution in [-0.4, -0.2) is 37.0 Å². The number of sulfone groups is 1. The molecule has 1 saturated heterocycles. The number of hydrogen-bond acceptors (Lipinski definition) is 4. The molecule has 116 valence electrons. The second-order valence-corrected chi connectivity index (χ2v) is 7.81. The van der Waals surface area contributed by atoms with Gasteiger partial charge in [0.15, 0.2) is 9.84 Å². The van der Waals surface area contributed by atoms with Gasteiger partial charge in [-0.25, -0.2) is 13.2 Å². The number of urea groups is 1. The van der Waals surface area contributed by atoms with Crippen LogP contribution in [0.3, 0.4) is 0 Å². The molecule has 0 bridgehead atoms. The standard InChI is InChI=1S/C14H21N3O3S/c1-10-6-7-15-11(2)13(10)17-14(18)16-9-12-5-3-4-8-21(12,19)20/h6-7,12H,3-5,8-9H2,1-2H3,(H2,16,17,18). The number of carbonyl (C=O) groups is 1. The number of rotatable bonds is 3. The maximum absolute atomic E-state index is 11.9. The van der Waals surface area contributed by atoms with E-state index in [9.17, 15) is 13.2 Å². The number of nitrogens with zero attached hydrogens (tertiary/aromatic N) is 1. The van der Waals surface area contributed by atoms with Crippen LogP contribution >= 0.6 is 0 Å². The molecule has 1 unspecified atom stereocenters. The van der Waals surface area contributed by atoms with E-state index in [4.69, 9.17) is 0 Å². The zero-order chi connectivity index (χ0) is 15.5. The van der Waals surface area contributed by atoms with E-state index in [0.717, 1.165) is 24.1 Å². The van der Waals surface area contributed by atoms with Gasteiger partial charge in [-0.2, -0.15) is 0 Å². The van der Waals surface area contributed by atoms with Gasteiger partial charge in [-0.15, -0.1) is 0 Å². The molecule has 1 aliphatic heterocycles. The number of aryl methyl sites for hydroxylation is 2. The van der Waals surface area contributed by atoms with Gasteiger partial charge in [0, 0.05) is 12.7 Å². The van der Waals surface area contributed by atoms with Gasteiger partial charge < -0.3 is 10.6 Å². The summed E-state index contributed by atoms with van der Waals surface area (Å²) in [5, 5.41) is 4.93. The number of amides is 2. The van der Waals surface area contributed by atoms with E-state index in [1.165, 1.54) is 0 Å². The van der Waals surface area contributed by atoms with Crippen molar-refractivity contribution in [3.05, 3.63) is 23.5 Å². The number of anilines is 1. The molecule has 1 aliphatic rings. The quantitative estimate of drug-likeness (QED) is 0.890. The molecule has 0 radical (unpaired) electrons. The van der Waals surface area contributed by atoms with Crippen LogP contribution in [0.15, 0.2) is 12.3 Å². The molecular formula is C14H21N3O3S. The predicted molar refractivity (Wildman–Crippen MR) is 82.2 cm³/mol.